The van der Waals surface area contributed by atoms with Crippen molar-refractivity contribution >= 4 is 17.5 Å². The van der Waals surface area contributed by atoms with Crippen molar-refractivity contribution in [1.82, 2.24) is 9.55 Å². The topological polar surface area (TPSA) is 63.1 Å². The molecule has 0 spiro atoms. The largest absolute Gasteiger partial charge is 0.413 e. The van der Waals surface area contributed by atoms with Gasteiger partial charge in [0.05, 0.1) is 33.0 Å². The monoisotopic (exact) mass is 493 g/mol. The second kappa shape index (κ2) is 9.34. The molecular formula is C24H30F3N5O3. The van der Waals surface area contributed by atoms with Gasteiger partial charge in [-0.25, -0.2) is 0 Å². The van der Waals surface area contributed by atoms with Crippen molar-refractivity contribution in [3.8, 4) is 0 Å². The molecule has 0 radical (unpaired) electrons. The maximum Gasteiger partial charge on any atom is 0.413 e. The van der Waals surface area contributed by atoms with Gasteiger partial charge < -0.3 is 24.2 Å². The summed E-state index contributed by atoms with van der Waals surface area (Å²) in [6.45, 7) is 5.84. The number of aromatic nitrogens is 2. The Bertz CT molecular complexity index is 1100. The van der Waals surface area contributed by atoms with Crippen LogP contribution in [0.4, 0.5) is 30.6 Å². The van der Waals surface area contributed by atoms with Gasteiger partial charge in [0.25, 0.3) is 5.56 Å². The molecule has 5 rings (SSSR count). The molecule has 190 valence electrons. The lowest BCUT2D eigenvalue weighted by atomic mass is 10.00. The fourth-order valence-electron chi connectivity index (χ4n) is 4.93. The second-order valence-electron chi connectivity index (χ2n) is 9.38. The maximum absolute atomic E-state index is 14.3. The van der Waals surface area contributed by atoms with E-state index >= 15 is 0 Å². The van der Waals surface area contributed by atoms with Crippen LogP contribution in [0.2, 0.25) is 0 Å². The highest BCUT2D eigenvalue weighted by Crippen LogP contribution is 2.43. The van der Waals surface area contributed by atoms with Gasteiger partial charge in [0, 0.05) is 44.5 Å². The van der Waals surface area contributed by atoms with Crippen molar-refractivity contribution in [2.75, 3.05) is 73.9 Å². The van der Waals surface area contributed by atoms with Crippen molar-refractivity contribution in [3.63, 3.8) is 0 Å². The number of rotatable bonds is 5. The number of benzene rings is 1. The Balaban J connectivity index is 1.40. The summed E-state index contributed by atoms with van der Waals surface area (Å²) in [5.74, 6) is 0.472. The molecule has 3 aliphatic rings. The molecule has 3 aliphatic heterocycles. The van der Waals surface area contributed by atoms with E-state index in [1.807, 2.05) is 29.2 Å². The minimum absolute atomic E-state index is 0.0729. The van der Waals surface area contributed by atoms with Gasteiger partial charge >= 0.3 is 6.18 Å². The van der Waals surface area contributed by atoms with Crippen LogP contribution >= 0.6 is 0 Å². The molecule has 1 aromatic heterocycles. The van der Waals surface area contributed by atoms with Crippen molar-refractivity contribution in [1.29, 1.82) is 0 Å². The quantitative estimate of drug-likeness (QED) is 0.634. The van der Waals surface area contributed by atoms with Crippen LogP contribution in [-0.2, 0) is 22.4 Å². The normalized spacial score (nSPS) is 23.0. The highest BCUT2D eigenvalue weighted by Gasteiger charge is 2.59. The first-order chi connectivity index (χ1) is 16.8. The molecule has 2 saturated heterocycles. The smallest absolute Gasteiger partial charge is 0.378 e. The zero-order valence-corrected chi connectivity index (χ0v) is 19.8. The number of fused-ring (bicyclic) bond motifs is 1. The first-order valence-corrected chi connectivity index (χ1v) is 12.0. The first-order valence-electron chi connectivity index (χ1n) is 12.0. The van der Waals surface area contributed by atoms with Crippen molar-refractivity contribution in [2.24, 2.45) is 0 Å². The number of morpholine rings is 2. The lowest BCUT2D eigenvalue weighted by Gasteiger charge is -2.37. The van der Waals surface area contributed by atoms with Gasteiger partial charge in [-0.3, -0.25) is 9.36 Å². The molecule has 0 saturated carbocycles. The van der Waals surface area contributed by atoms with Crippen LogP contribution in [-0.4, -0.2) is 80.4 Å². The SMILES string of the molecule is CC1(C(F)(F)F)Cn2c(nc(N3CCOCC3)cc2=O)N1CCc1ccc(N2CCOCC2)cc1. The zero-order valence-electron chi connectivity index (χ0n) is 19.8. The van der Waals surface area contributed by atoms with Gasteiger partial charge in [-0.05, 0) is 31.0 Å². The molecule has 0 bridgehead atoms. The standard InChI is InChI=1S/C24H30F3N5O3/c1-23(24(25,26)27)17-31-21(33)16-20(30-10-14-35-15-11-30)28-22(31)32(23)7-6-18-2-4-19(5-3-18)29-8-12-34-13-9-29/h2-5,16H,6-15,17H2,1H3. The Kier molecular flexibility index (Phi) is 6.39. The molecule has 1 aromatic carbocycles. The molecular weight excluding hydrogens is 463 g/mol. The van der Waals surface area contributed by atoms with Crippen LogP contribution in [0, 0.1) is 0 Å². The van der Waals surface area contributed by atoms with Crippen LogP contribution < -0.4 is 20.3 Å². The minimum atomic E-state index is -4.54. The van der Waals surface area contributed by atoms with Crippen LogP contribution in [0.25, 0.3) is 0 Å². The van der Waals surface area contributed by atoms with Crippen LogP contribution in [0.15, 0.2) is 35.1 Å². The molecule has 4 heterocycles. The summed E-state index contributed by atoms with van der Waals surface area (Å²) >= 11 is 0. The third-order valence-electron chi connectivity index (χ3n) is 7.16. The Morgan fingerprint density at radius 1 is 0.971 bits per heavy atom. The third kappa shape index (κ3) is 4.58. The molecule has 0 amide bonds. The molecule has 1 atom stereocenters. The van der Waals surface area contributed by atoms with E-state index in [4.69, 9.17) is 9.47 Å². The van der Waals surface area contributed by atoms with E-state index in [1.54, 1.807) is 0 Å². The van der Waals surface area contributed by atoms with Gasteiger partial charge in [-0.2, -0.15) is 18.2 Å². The van der Waals surface area contributed by atoms with Gasteiger partial charge in [-0.1, -0.05) is 12.1 Å². The lowest BCUT2D eigenvalue weighted by Crippen LogP contribution is -2.56. The summed E-state index contributed by atoms with van der Waals surface area (Å²) in [7, 11) is 0. The summed E-state index contributed by atoms with van der Waals surface area (Å²) in [6.07, 6.45) is -4.14. The summed E-state index contributed by atoms with van der Waals surface area (Å²) in [5.41, 5.74) is -0.683. The highest BCUT2D eigenvalue weighted by molar-refractivity contribution is 5.51. The molecule has 0 N–H and O–H groups in total. The summed E-state index contributed by atoms with van der Waals surface area (Å²) in [5, 5.41) is 0. The van der Waals surface area contributed by atoms with E-state index in [2.05, 4.69) is 9.88 Å². The third-order valence-corrected chi connectivity index (χ3v) is 7.16. The van der Waals surface area contributed by atoms with Crippen molar-refractivity contribution < 1.29 is 22.6 Å². The second-order valence-corrected chi connectivity index (χ2v) is 9.38. The molecule has 2 fully saturated rings. The molecule has 1 unspecified atom stereocenters. The van der Waals surface area contributed by atoms with E-state index in [-0.39, 0.29) is 12.5 Å². The lowest BCUT2D eigenvalue weighted by molar-refractivity contribution is -0.182. The molecule has 8 nitrogen and oxygen atoms in total. The predicted molar refractivity (Wildman–Crippen MR) is 127 cm³/mol. The van der Waals surface area contributed by atoms with E-state index < -0.39 is 23.8 Å². The van der Waals surface area contributed by atoms with Crippen LogP contribution in [0.1, 0.15) is 12.5 Å². The van der Waals surface area contributed by atoms with Gasteiger partial charge in [-0.15, -0.1) is 0 Å². The number of nitrogens with zero attached hydrogens (tertiary/aromatic N) is 5. The summed E-state index contributed by atoms with van der Waals surface area (Å²) in [4.78, 5) is 22.8. The Morgan fingerprint density at radius 3 is 2.17 bits per heavy atom. The number of anilines is 3. The Hall–Kier alpha value is -2.79. The fraction of sp³-hybridized carbons (Fsp3) is 0.583. The Labute approximate surface area is 201 Å². The molecule has 35 heavy (non-hydrogen) atoms. The predicted octanol–water partition coefficient (Wildman–Crippen LogP) is 2.30. The zero-order chi connectivity index (χ0) is 24.6. The summed E-state index contributed by atoms with van der Waals surface area (Å²) in [6, 6.07) is 9.24. The van der Waals surface area contributed by atoms with Crippen molar-refractivity contribution in [3.05, 3.63) is 46.2 Å². The van der Waals surface area contributed by atoms with E-state index in [9.17, 15) is 18.0 Å². The molecule has 2 aromatic rings. The van der Waals surface area contributed by atoms with E-state index in [0.29, 0.717) is 51.8 Å². The summed E-state index contributed by atoms with van der Waals surface area (Å²) < 4.78 is 54.8. The average Bonchev–Trinajstić information content (AvgIpc) is 3.17. The minimum Gasteiger partial charge on any atom is -0.378 e. The van der Waals surface area contributed by atoms with Crippen LogP contribution in [0.3, 0.4) is 0 Å². The van der Waals surface area contributed by atoms with Gasteiger partial charge in [0.1, 0.15) is 5.82 Å². The van der Waals surface area contributed by atoms with E-state index in [0.717, 1.165) is 35.8 Å². The molecule has 11 heteroatoms. The highest BCUT2D eigenvalue weighted by atomic mass is 19.4. The number of alkyl halides is 3. The fourth-order valence-corrected chi connectivity index (χ4v) is 4.93. The number of halogens is 3. The molecule has 0 aliphatic carbocycles. The van der Waals surface area contributed by atoms with Gasteiger partial charge in [0.2, 0.25) is 5.95 Å². The maximum atomic E-state index is 14.3. The number of ether oxygens (including phenoxy) is 2. The average molecular weight is 494 g/mol. The Morgan fingerprint density at radius 2 is 1.57 bits per heavy atom. The number of hydrogen-bond donors (Lipinski definition) is 0. The first kappa shape index (κ1) is 23.9. The van der Waals surface area contributed by atoms with Crippen molar-refractivity contribution in [2.45, 2.75) is 31.6 Å². The number of hydrogen-bond acceptors (Lipinski definition) is 7. The van der Waals surface area contributed by atoms with Gasteiger partial charge in [0.15, 0.2) is 5.54 Å². The van der Waals surface area contributed by atoms with E-state index in [1.165, 1.54) is 11.0 Å². The van der Waals surface area contributed by atoms with Crippen LogP contribution in [0.5, 0.6) is 0 Å².